The van der Waals surface area contributed by atoms with Crippen LogP contribution in [-0.2, 0) is 9.53 Å². The van der Waals surface area contributed by atoms with Gasteiger partial charge in [0, 0.05) is 58.9 Å². The largest absolute Gasteiger partial charge is 0.496 e. The van der Waals surface area contributed by atoms with Gasteiger partial charge in [-0.1, -0.05) is 11.6 Å². The highest BCUT2D eigenvalue weighted by Crippen LogP contribution is 2.29. The highest BCUT2D eigenvalue weighted by Gasteiger charge is 2.31. The second-order valence-electron chi connectivity index (χ2n) is 8.81. The molecule has 10 heteroatoms. The molecule has 0 radical (unpaired) electrons. The van der Waals surface area contributed by atoms with E-state index in [2.05, 4.69) is 22.2 Å². The zero-order valence-corrected chi connectivity index (χ0v) is 20.6. The van der Waals surface area contributed by atoms with Crippen molar-refractivity contribution in [3.8, 4) is 5.75 Å². The Labute approximate surface area is 201 Å². The van der Waals surface area contributed by atoms with Crippen molar-refractivity contribution in [3.63, 3.8) is 0 Å². The van der Waals surface area contributed by atoms with Crippen LogP contribution in [0.25, 0.3) is 0 Å². The molecule has 2 aliphatic heterocycles. The van der Waals surface area contributed by atoms with Crippen LogP contribution in [0.2, 0.25) is 5.02 Å². The number of halogens is 1. The highest BCUT2D eigenvalue weighted by molar-refractivity contribution is 6.33. The molecule has 3 rings (SSSR count). The predicted molar refractivity (Wildman–Crippen MR) is 129 cm³/mol. The van der Waals surface area contributed by atoms with Gasteiger partial charge in [0.25, 0.3) is 5.91 Å². The van der Waals surface area contributed by atoms with Gasteiger partial charge in [0.2, 0.25) is 5.91 Å². The normalized spacial score (nSPS) is 22.2. The number of piperazine rings is 1. The summed E-state index contributed by atoms with van der Waals surface area (Å²) in [6, 6.07) is 2.95. The zero-order valence-electron chi connectivity index (χ0n) is 19.8. The number of piperidine rings is 1. The van der Waals surface area contributed by atoms with E-state index in [4.69, 9.17) is 26.8 Å². The number of likely N-dealkylation sites (N-methyl/N-ethyl adjacent to an activating group) is 1. The fourth-order valence-corrected chi connectivity index (χ4v) is 4.58. The molecule has 2 amide bonds. The third-order valence-electron chi connectivity index (χ3n) is 6.55. The van der Waals surface area contributed by atoms with Gasteiger partial charge in [0.15, 0.2) is 0 Å². The summed E-state index contributed by atoms with van der Waals surface area (Å²) >= 11 is 6.11. The maximum absolute atomic E-state index is 12.9. The first-order valence-corrected chi connectivity index (χ1v) is 11.9. The Hall–Kier alpha value is -2.07. The summed E-state index contributed by atoms with van der Waals surface area (Å²) in [5.74, 6) is 0.350. The number of benzene rings is 1. The van der Waals surface area contributed by atoms with Crippen LogP contribution in [0.5, 0.6) is 5.75 Å². The Bertz CT molecular complexity index is 831. The Balaban J connectivity index is 1.48. The maximum atomic E-state index is 12.9. The van der Waals surface area contributed by atoms with Crippen molar-refractivity contribution in [3.05, 3.63) is 22.7 Å². The van der Waals surface area contributed by atoms with Gasteiger partial charge in [0.1, 0.15) is 5.75 Å². The van der Waals surface area contributed by atoms with Gasteiger partial charge >= 0.3 is 0 Å². The minimum atomic E-state index is -0.271. The van der Waals surface area contributed by atoms with Crippen LogP contribution in [-0.4, -0.2) is 106 Å². The van der Waals surface area contributed by atoms with Crippen molar-refractivity contribution in [2.24, 2.45) is 0 Å². The molecule has 2 atom stereocenters. The van der Waals surface area contributed by atoms with E-state index < -0.39 is 0 Å². The van der Waals surface area contributed by atoms with Gasteiger partial charge in [-0.05, 0) is 32.5 Å². The van der Waals surface area contributed by atoms with Crippen LogP contribution in [0, 0.1) is 0 Å². The second-order valence-corrected chi connectivity index (χ2v) is 9.21. The molecule has 33 heavy (non-hydrogen) atoms. The number of carbonyl (C=O) groups excluding carboxylic acids is 2. The lowest BCUT2D eigenvalue weighted by Gasteiger charge is -2.38. The van der Waals surface area contributed by atoms with Crippen molar-refractivity contribution in [1.29, 1.82) is 0 Å². The number of nitrogens with two attached hydrogens (primary N) is 1. The molecule has 1 aromatic rings. The minimum Gasteiger partial charge on any atom is -0.496 e. The fraction of sp³-hybridized carbons (Fsp3) is 0.652. The average molecular weight is 482 g/mol. The van der Waals surface area contributed by atoms with Crippen molar-refractivity contribution >= 4 is 29.1 Å². The number of anilines is 1. The molecule has 3 N–H and O–H groups in total. The summed E-state index contributed by atoms with van der Waals surface area (Å²) in [5, 5.41) is 3.37. The Kier molecular flexibility index (Phi) is 9.19. The number of nitrogens with one attached hydrogen (secondary N) is 1. The van der Waals surface area contributed by atoms with Crippen LogP contribution in [0.15, 0.2) is 12.1 Å². The lowest BCUT2D eigenvalue weighted by molar-refractivity contribution is -0.133. The number of amides is 2. The number of nitrogen functional groups attached to an aromatic ring is 1. The Morgan fingerprint density at radius 1 is 1.18 bits per heavy atom. The summed E-state index contributed by atoms with van der Waals surface area (Å²) in [6.07, 6.45) is 1.99. The van der Waals surface area contributed by atoms with E-state index in [0.29, 0.717) is 35.0 Å². The van der Waals surface area contributed by atoms with Crippen LogP contribution < -0.4 is 15.8 Å². The molecule has 0 unspecified atom stereocenters. The third kappa shape index (κ3) is 6.72. The summed E-state index contributed by atoms with van der Waals surface area (Å²) < 4.78 is 11.0. The molecule has 0 aliphatic carbocycles. The van der Waals surface area contributed by atoms with Gasteiger partial charge < -0.3 is 35.2 Å². The van der Waals surface area contributed by atoms with Crippen molar-refractivity contribution < 1.29 is 19.1 Å². The lowest BCUT2D eigenvalue weighted by atomic mass is 10.0. The van der Waals surface area contributed by atoms with E-state index in [1.165, 1.54) is 13.2 Å². The smallest absolute Gasteiger partial charge is 0.255 e. The number of hydrogen-bond donors (Lipinski definition) is 2. The Morgan fingerprint density at radius 3 is 2.58 bits per heavy atom. The van der Waals surface area contributed by atoms with E-state index in [1.807, 2.05) is 4.90 Å². The molecule has 0 bridgehead atoms. The highest BCUT2D eigenvalue weighted by atomic mass is 35.5. The molecular weight excluding hydrogens is 446 g/mol. The molecule has 2 aliphatic rings. The van der Waals surface area contributed by atoms with Gasteiger partial charge in [-0.25, -0.2) is 0 Å². The molecule has 2 saturated heterocycles. The fourth-order valence-electron chi connectivity index (χ4n) is 4.42. The molecule has 2 heterocycles. The molecule has 9 nitrogen and oxygen atoms in total. The van der Waals surface area contributed by atoms with E-state index in [1.54, 1.807) is 13.2 Å². The van der Waals surface area contributed by atoms with Crippen molar-refractivity contribution in [2.45, 2.75) is 31.4 Å². The van der Waals surface area contributed by atoms with E-state index in [-0.39, 0.29) is 24.0 Å². The monoisotopic (exact) mass is 481 g/mol. The summed E-state index contributed by atoms with van der Waals surface area (Å²) in [6.45, 7) is 5.87. The summed E-state index contributed by atoms with van der Waals surface area (Å²) in [5.41, 5.74) is 6.52. The lowest BCUT2D eigenvalue weighted by Crippen LogP contribution is -2.55. The molecular formula is C23H36ClN5O4. The summed E-state index contributed by atoms with van der Waals surface area (Å²) in [7, 11) is 5.23. The first-order chi connectivity index (χ1) is 15.8. The van der Waals surface area contributed by atoms with Gasteiger partial charge in [-0.3, -0.25) is 9.59 Å². The number of likely N-dealkylation sites (tertiary alicyclic amines) is 1. The molecule has 0 spiro atoms. The molecule has 0 aromatic heterocycles. The summed E-state index contributed by atoms with van der Waals surface area (Å²) in [4.78, 5) is 31.9. The molecule has 1 aromatic carbocycles. The van der Waals surface area contributed by atoms with Gasteiger partial charge in [0.05, 0.1) is 35.5 Å². The van der Waals surface area contributed by atoms with Crippen LogP contribution in [0.1, 0.15) is 29.6 Å². The van der Waals surface area contributed by atoms with Crippen molar-refractivity contribution in [2.75, 3.05) is 72.8 Å². The predicted octanol–water partition coefficient (Wildman–Crippen LogP) is 1.30. The molecule has 0 saturated carbocycles. The van der Waals surface area contributed by atoms with Crippen LogP contribution in [0.3, 0.4) is 0 Å². The molecule has 184 valence electrons. The van der Waals surface area contributed by atoms with E-state index in [0.717, 1.165) is 52.1 Å². The molecule has 2 fully saturated rings. The van der Waals surface area contributed by atoms with Gasteiger partial charge in [-0.15, -0.1) is 0 Å². The SMILES string of the molecule is COc1cc(N)c(Cl)cc1C(=O)N[C@@H]1CCN(CCCC(=O)N2CCN(C)CC2)C[C@@H]1OC. The minimum absolute atomic E-state index is 0.133. The number of hydrogen-bond acceptors (Lipinski definition) is 7. The number of ether oxygens (including phenoxy) is 2. The quantitative estimate of drug-likeness (QED) is 0.540. The third-order valence-corrected chi connectivity index (χ3v) is 6.87. The standard InChI is InChI=1S/C23H36ClN5O4/c1-27-9-11-29(12-10-27)22(30)5-4-7-28-8-6-19(21(15-28)33-3)26-23(31)16-13-17(24)18(25)14-20(16)32-2/h13-14,19,21H,4-12,15,25H2,1-3H3,(H,26,31)/t19-,21+/m1/s1. The van der Waals surface area contributed by atoms with Crippen LogP contribution in [0.4, 0.5) is 5.69 Å². The number of nitrogens with zero attached hydrogens (tertiary/aromatic N) is 3. The number of carbonyl (C=O) groups is 2. The van der Waals surface area contributed by atoms with E-state index >= 15 is 0 Å². The Morgan fingerprint density at radius 2 is 1.91 bits per heavy atom. The second kappa shape index (κ2) is 11.9. The average Bonchev–Trinajstić information content (AvgIpc) is 2.81. The number of methoxy groups -OCH3 is 2. The first kappa shape index (κ1) is 25.6. The number of rotatable bonds is 8. The van der Waals surface area contributed by atoms with E-state index in [9.17, 15) is 9.59 Å². The first-order valence-electron chi connectivity index (χ1n) is 11.5. The topological polar surface area (TPSA) is 100 Å². The maximum Gasteiger partial charge on any atom is 0.255 e. The zero-order chi connectivity index (χ0) is 24.0. The van der Waals surface area contributed by atoms with Gasteiger partial charge in [-0.2, -0.15) is 0 Å². The van der Waals surface area contributed by atoms with Crippen LogP contribution >= 0.6 is 11.6 Å². The van der Waals surface area contributed by atoms with Crippen molar-refractivity contribution in [1.82, 2.24) is 20.0 Å².